The van der Waals surface area contributed by atoms with Gasteiger partial charge in [-0.25, -0.2) is 8.78 Å². The minimum absolute atomic E-state index is 0.0153. The molecule has 3 aromatic carbocycles. The van der Waals surface area contributed by atoms with Gasteiger partial charge in [-0.15, -0.1) is 0 Å². The Bertz CT molecular complexity index is 1360. The van der Waals surface area contributed by atoms with Crippen LogP contribution in [0.15, 0.2) is 72.8 Å². The molecule has 0 aliphatic rings. The maximum atomic E-state index is 14.0. The fourth-order valence-corrected chi connectivity index (χ4v) is 5.19. The van der Waals surface area contributed by atoms with Crippen LogP contribution in [0, 0.1) is 17.6 Å². The number of aliphatic hydroxyl groups excluding tert-OH is 1. The highest BCUT2D eigenvalue weighted by Gasteiger charge is 2.28. The number of carbonyl (C=O) groups is 3. The van der Waals surface area contributed by atoms with E-state index in [0.29, 0.717) is 31.6 Å². The molecule has 44 heavy (non-hydrogen) atoms. The number of halogens is 2. The lowest BCUT2D eigenvalue weighted by atomic mass is 9.91. The molecule has 3 atom stereocenters. The van der Waals surface area contributed by atoms with Crippen LogP contribution in [0.25, 0.3) is 0 Å². The van der Waals surface area contributed by atoms with E-state index in [0.717, 1.165) is 36.6 Å². The van der Waals surface area contributed by atoms with Crippen molar-refractivity contribution in [3.05, 3.63) is 107 Å². The van der Waals surface area contributed by atoms with Crippen molar-refractivity contribution < 1.29 is 28.3 Å². The van der Waals surface area contributed by atoms with Gasteiger partial charge in [0.1, 0.15) is 11.6 Å². The third-order valence-corrected chi connectivity index (χ3v) is 7.50. The Morgan fingerprint density at radius 2 is 1.45 bits per heavy atom. The van der Waals surface area contributed by atoms with E-state index >= 15 is 0 Å². The first kappa shape index (κ1) is 34.4. The van der Waals surface area contributed by atoms with Crippen molar-refractivity contribution in [1.82, 2.24) is 15.5 Å². The number of aliphatic hydroxyl groups is 1. The summed E-state index contributed by atoms with van der Waals surface area (Å²) in [7, 11) is 0. The third kappa shape index (κ3) is 10.3. The van der Waals surface area contributed by atoms with E-state index in [2.05, 4.69) is 10.6 Å². The van der Waals surface area contributed by atoms with Gasteiger partial charge in [-0.05, 0) is 73.6 Å². The van der Waals surface area contributed by atoms with E-state index < -0.39 is 35.6 Å². The molecule has 0 fully saturated rings. The van der Waals surface area contributed by atoms with Gasteiger partial charge in [0.25, 0.3) is 11.8 Å². The molecule has 0 aliphatic heterocycles. The van der Waals surface area contributed by atoms with E-state index in [1.807, 2.05) is 51.1 Å². The minimum Gasteiger partial charge on any atom is -0.391 e. The van der Waals surface area contributed by atoms with Crippen molar-refractivity contribution >= 4 is 17.7 Å². The lowest BCUT2D eigenvalue weighted by Gasteiger charge is -2.27. The lowest BCUT2D eigenvalue weighted by Crippen LogP contribution is -2.46. The summed E-state index contributed by atoms with van der Waals surface area (Å²) < 4.78 is 28.0. The Labute approximate surface area is 258 Å². The second-order valence-electron chi connectivity index (χ2n) is 11.0. The number of carbonyl (C=O) groups excluding carboxylic acids is 3. The van der Waals surface area contributed by atoms with E-state index in [4.69, 9.17) is 0 Å². The largest absolute Gasteiger partial charge is 0.391 e. The van der Waals surface area contributed by atoms with Gasteiger partial charge in [-0.3, -0.25) is 14.4 Å². The molecule has 0 bridgehead atoms. The van der Waals surface area contributed by atoms with Gasteiger partial charge in [-0.1, -0.05) is 57.2 Å². The van der Waals surface area contributed by atoms with Crippen LogP contribution in [0.1, 0.15) is 78.3 Å². The van der Waals surface area contributed by atoms with Gasteiger partial charge in [0.15, 0.2) is 0 Å². The highest BCUT2D eigenvalue weighted by Crippen LogP contribution is 2.19. The topological polar surface area (TPSA) is 98.7 Å². The summed E-state index contributed by atoms with van der Waals surface area (Å²) in [4.78, 5) is 41.3. The normalized spacial score (nSPS) is 13.0. The first-order valence-corrected chi connectivity index (χ1v) is 15.3. The molecule has 3 aromatic rings. The summed E-state index contributed by atoms with van der Waals surface area (Å²) >= 11 is 0. The second kappa shape index (κ2) is 17.3. The average Bonchev–Trinajstić information content (AvgIpc) is 3.01. The van der Waals surface area contributed by atoms with Gasteiger partial charge in [0, 0.05) is 42.7 Å². The van der Waals surface area contributed by atoms with Gasteiger partial charge in [-0.2, -0.15) is 0 Å². The summed E-state index contributed by atoms with van der Waals surface area (Å²) in [6.45, 7) is 7.34. The molecule has 236 valence electrons. The van der Waals surface area contributed by atoms with E-state index in [1.54, 1.807) is 23.1 Å². The van der Waals surface area contributed by atoms with Crippen LogP contribution < -0.4 is 10.6 Å². The molecule has 0 saturated heterocycles. The zero-order valence-electron chi connectivity index (χ0n) is 25.7. The molecule has 0 aromatic heterocycles. The van der Waals surface area contributed by atoms with Crippen LogP contribution in [0.3, 0.4) is 0 Å². The van der Waals surface area contributed by atoms with Gasteiger partial charge in [0.2, 0.25) is 5.91 Å². The average molecular weight is 608 g/mol. The molecule has 3 N–H and O–H groups in total. The first-order valence-electron chi connectivity index (χ1n) is 15.3. The number of nitrogens with one attached hydrogen (secondary N) is 2. The van der Waals surface area contributed by atoms with Crippen molar-refractivity contribution in [3.8, 4) is 0 Å². The Kier molecular flexibility index (Phi) is 13.5. The predicted molar refractivity (Wildman–Crippen MR) is 167 cm³/mol. The van der Waals surface area contributed by atoms with E-state index in [9.17, 15) is 28.3 Å². The number of rotatable bonds is 16. The van der Waals surface area contributed by atoms with Crippen LogP contribution in [-0.2, 0) is 17.8 Å². The Morgan fingerprint density at radius 1 is 0.818 bits per heavy atom. The van der Waals surface area contributed by atoms with Crippen molar-refractivity contribution in [3.63, 3.8) is 0 Å². The number of benzene rings is 3. The van der Waals surface area contributed by atoms with Gasteiger partial charge < -0.3 is 20.6 Å². The predicted octanol–water partition coefficient (Wildman–Crippen LogP) is 5.66. The fraction of sp³-hybridized carbons (Fsp3) is 0.400. The zero-order valence-corrected chi connectivity index (χ0v) is 25.7. The first-order chi connectivity index (χ1) is 21.1. The standard InChI is InChI=1S/C35H43F2N3O4/c1-4-15-40(16-5-2)35(44)28-14-10-13-27(20-28)34(43)39-31(19-25-17-29(36)22-30(37)18-25)32(41)21-26(6-3)33(42)38-23-24-11-8-7-9-12-24/h7-14,17-18,20,22,26,31-32,41H,4-6,15-16,19,21,23H2,1-3H3,(H,38,42)(H,39,43)/t26-,31?,32+/m1/s1. The van der Waals surface area contributed by atoms with E-state index in [-0.39, 0.29) is 35.8 Å². The van der Waals surface area contributed by atoms with Crippen molar-refractivity contribution in [2.75, 3.05) is 13.1 Å². The molecule has 9 heteroatoms. The Morgan fingerprint density at radius 3 is 2.07 bits per heavy atom. The molecular formula is C35H43F2N3O4. The maximum Gasteiger partial charge on any atom is 0.253 e. The van der Waals surface area contributed by atoms with Crippen LogP contribution in [-0.4, -0.2) is 53.0 Å². The minimum atomic E-state index is -1.22. The molecule has 0 heterocycles. The summed E-state index contributed by atoms with van der Waals surface area (Å²) in [5.74, 6) is -3.10. The van der Waals surface area contributed by atoms with Gasteiger partial charge in [0.05, 0.1) is 12.1 Å². The van der Waals surface area contributed by atoms with Crippen molar-refractivity contribution in [1.29, 1.82) is 0 Å². The molecular weight excluding hydrogens is 564 g/mol. The Hall–Kier alpha value is -4.11. The molecule has 7 nitrogen and oxygen atoms in total. The van der Waals surface area contributed by atoms with Crippen molar-refractivity contribution in [2.45, 2.75) is 71.6 Å². The molecule has 1 unspecified atom stereocenters. The summed E-state index contributed by atoms with van der Waals surface area (Å²) in [6.07, 6.45) is 0.755. The van der Waals surface area contributed by atoms with Gasteiger partial charge >= 0.3 is 0 Å². The van der Waals surface area contributed by atoms with Crippen LogP contribution in [0.5, 0.6) is 0 Å². The molecule has 3 rings (SSSR count). The number of nitrogens with zero attached hydrogens (tertiary/aromatic N) is 1. The second-order valence-corrected chi connectivity index (χ2v) is 11.0. The van der Waals surface area contributed by atoms with E-state index in [1.165, 1.54) is 6.07 Å². The monoisotopic (exact) mass is 607 g/mol. The van der Waals surface area contributed by atoms with Crippen LogP contribution in [0.2, 0.25) is 0 Å². The summed E-state index contributed by atoms with van der Waals surface area (Å²) in [6, 6.07) is 17.8. The number of amides is 3. The summed E-state index contributed by atoms with van der Waals surface area (Å²) in [5, 5.41) is 17.0. The molecule has 0 spiro atoms. The lowest BCUT2D eigenvalue weighted by molar-refractivity contribution is -0.126. The molecule has 0 aliphatic carbocycles. The van der Waals surface area contributed by atoms with Crippen LogP contribution in [0.4, 0.5) is 8.78 Å². The number of hydrogen-bond donors (Lipinski definition) is 3. The molecule has 0 saturated carbocycles. The van der Waals surface area contributed by atoms with Crippen molar-refractivity contribution in [2.24, 2.45) is 5.92 Å². The smallest absolute Gasteiger partial charge is 0.253 e. The third-order valence-electron chi connectivity index (χ3n) is 7.50. The SMILES string of the molecule is CCCN(CCC)C(=O)c1cccc(C(=O)NC(Cc2cc(F)cc(F)c2)[C@@H](O)C[C@@H](CC)C(=O)NCc2ccccc2)c1. The highest BCUT2D eigenvalue weighted by atomic mass is 19.1. The maximum absolute atomic E-state index is 14.0. The quantitative estimate of drug-likeness (QED) is 0.196. The summed E-state index contributed by atoms with van der Waals surface area (Å²) in [5.41, 5.74) is 1.75. The fourth-order valence-electron chi connectivity index (χ4n) is 5.19. The van der Waals surface area contributed by atoms with Crippen LogP contribution >= 0.6 is 0 Å². The molecule has 3 amide bonds. The molecule has 0 radical (unpaired) electrons. The zero-order chi connectivity index (χ0) is 32.1. The Balaban J connectivity index is 1.80. The highest BCUT2D eigenvalue weighted by molar-refractivity contribution is 5.99. The number of hydrogen-bond acceptors (Lipinski definition) is 4.